The Labute approximate surface area is 354 Å². The maximum absolute atomic E-state index is 15.5. The van der Waals surface area contributed by atoms with Gasteiger partial charge in [-0.25, -0.2) is 22.2 Å². The molecular formula is C40H39F7N10O3S2. The molecule has 1 aliphatic heterocycles. The number of anilines is 2. The zero-order chi connectivity index (χ0) is 44.2. The number of halogens is 7. The fraction of sp³-hybridized carbons (Fsp3) is 0.425. The van der Waals surface area contributed by atoms with Crippen LogP contribution in [0.1, 0.15) is 60.4 Å². The number of carbonyl (C=O) groups is 1. The largest absolute Gasteiger partial charge is 0.435 e. The lowest BCUT2D eigenvalue weighted by molar-refractivity contribution is -0.142. The zero-order valence-corrected chi connectivity index (χ0v) is 35.2. The van der Waals surface area contributed by atoms with Crippen LogP contribution < -0.4 is 14.9 Å². The first-order valence-corrected chi connectivity index (χ1v) is 22.4. The highest BCUT2D eigenvalue weighted by molar-refractivity contribution is 7.92. The maximum atomic E-state index is 15.5. The van der Waals surface area contributed by atoms with E-state index in [1.165, 1.54) is 16.0 Å². The average Bonchev–Trinajstić information content (AvgIpc) is 3.44. The molecule has 62 heavy (non-hydrogen) atoms. The van der Waals surface area contributed by atoms with Crippen molar-refractivity contribution in [2.24, 2.45) is 13.0 Å². The zero-order valence-electron chi connectivity index (χ0n) is 33.6. The van der Waals surface area contributed by atoms with Crippen LogP contribution >= 0.6 is 11.3 Å². The number of thiazole rings is 1. The Morgan fingerprint density at radius 2 is 1.71 bits per heavy atom. The summed E-state index contributed by atoms with van der Waals surface area (Å²) in [5, 5.41) is 11.7. The maximum Gasteiger partial charge on any atom is 0.435 e. The van der Waals surface area contributed by atoms with Crippen molar-refractivity contribution in [1.29, 1.82) is 0 Å². The number of aromatic nitrogens is 6. The van der Waals surface area contributed by atoms with E-state index in [2.05, 4.69) is 43.9 Å². The molecule has 1 amide bonds. The van der Waals surface area contributed by atoms with Gasteiger partial charge in [0.15, 0.2) is 22.3 Å². The third-order valence-electron chi connectivity index (χ3n) is 11.7. The van der Waals surface area contributed by atoms with Crippen LogP contribution in [0.5, 0.6) is 0 Å². The highest BCUT2D eigenvalue weighted by Crippen LogP contribution is 2.68. The molecule has 3 aliphatic rings. The number of amides is 1. The van der Waals surface area contributed by atoms with Gasteiger partial charge in [-0.15, -0.1) is 0 Å². The Morgan fingerprint density at radius 3 is 2.37 bits per heavy atom. The molecule has 5 heterocycles. The van der Waals surface area contributed by atoms with Crippen LogP contribution in [0.15, 0.2) is 42.5 Å². The summed E-state index contributed by atoms with van der Waals surface area (Å²) in [5.41, 5.74) is -1.36. The summed E-state index contributed by atoms with van der Waals surface area (Å²) in [6.45, 7) is 6.14. The Kier molecular flexibility index (Phi) is 10.1. The number of nitrogens with zero attached hydrogens (tertiary/aromatic N) is 8. The Balaban J connectivity index is 1.18. The smallest absolute Gasteiger partial charge is 0.346 e. The van der Waals surface area contributed by atoms with Crippen molar-refractivity contribution >= 4 is 59.5 Å². The number of piperazine rings is 1. The summed E-state index contributed by atoms with van der Waals surface area (Å²) in [6.07, 6.45) is -4.54. The summed E-state index contributed by atoms with van der Waals surface area (Å²) >= 11 is 1.37. The predicted octanol–water partition coefficient (Wildman–Crippen LogP) is 6.95. The number of hydrogen-bond acceptors (Lipinski definition) is 10. The van der Waals surface area contributed by atoms with Crippen molar-refractivity contribution < 1.29 is 43.9 Å². The van der Waals surface area contributed by atoms with Gasteiger partial charge >= 0.3 is 6.18 Å². The second-order valence-corrected chi connectivity index (χ2v) is 19.1. The van der Waals surface area contributed by atoms with Gasteiger partial charge in [0.25, 0.3) is 5.92 Å². The fourth-order valence-electron chi connectivity index (χ4n) is 8.87. The van der Waals surface area contributed by atoms with Gasteiger partial charge < -0.3 is 10.2 Å². The number of aryl methyl sites for hydroxylation is 1. The van der Waals surface area contributed by atoms with E-state index < -0.39 is 81.0 Å². The first kappa shape index (κ1) is 42.0. The van der Waals surface area contributed by atoms with Crippen LogP contribution in [0.3, 0.4) is 0 Å². The lowest BCUT2D eigenvalue weighted by atomic mass is 9.94. The number of alkyl halides is 5. The number of nitrogens with one attached hydrogen (secondary N) is 2. The predicted molar refractivity (Wildman–Crippen MR) is 217 cm³/mol. The Morgan fingerprint density at radius 1 is 1.00 bits per heavy atom. The minimum absolute atomic E-state index is 0.0301. The minimum atomic E-state index is -5.06. The molecule has 2 aromatic carbocycles. The molecule has 2 fully saturated rings. The van der Waals surface area contributed by atoms with Crippen LogP contribution in [-0.4, -0.2) is 87.2 Å². The first-order chi connectivity index (χ1) is 29.2. The van der Waals surface area contributed by atoms with Gasteiger partial charge in [-0.1, -0.05) is 23.5 Å². The molecule has 6 aromatic rings. The fourth-order valence-corrected chi connectivity index (χ4v) is 10.4. The molecular weight excluding hydrogens is 866 g/mol. The van der Waals surface area contributed by atoms with Gasteiger partial charge in [-0.3, -0.25) is 23.8 Å². The normalized spacial score (nSPS) is 19.3. The summed E-state index contributed by atoms with van der Waals surface area (Å²) in [7, 11) is -2.18. The average molecular weight is 905 g/mol. The van der Waals surface area contributed by atoms with Gasteiger partial charge in [0.2, 0.25) is 15.9 Å². The SMILES string of the molecule is CC(C)N1CCN(c2nc3nc([C@H](Cc4cc(F)cc(F)c4)NC(=O)Cn4nc(C(F)(F)F)c5c4C(F)(F)[C@@H]4C[C@H]54)c(-c4cccc5c(NS(C)(=O)=O)nn(C)c45)cc3s2)CC1. The molecule has 328 valence electrons. The molecule has 2 aliphatic carbocycles. The Bertz CT molecular complexity index is 2870. The van der Waals surface area contributed by atoms with Gasteiger partial charge in [0, 0.05) is 73.3 Å². The van der Waals surface area contributed by atoms with Crippen molar-refractivity contribution in [3.05, 3.63) is 82.3 Å². The van der Waals surface area contributed by atoms with Gasteiger partial charge in [0.1, 0.15) is 23.9 Å². The van der Waals surface area contributed by atoms with E-state index in [4.69, 9.17) is 9.97 Å². The van der Waals surface area contributed by atoms with Crippen molar-refractivity contribution in [2.45, 2.75) is 63.3 Å². The first-order valence-electron chi connectivity index (χ1n) is 19.7. The lowest BCUT2D eigenvalue weighted by Gasteiger charge is -2.36. The highest BCUT2D eigenvalue weighted by atomic mass is 32.2. The number of rotatable bonds is 11. The third kappa shape index (κ3) is 7.62. The number of pyridine rings is 1. The van der Waals surface area contributed by atoms with E-state index in [0.717, 1.165) is 31.5 Å². The minimum Gasteiger partial charge on any atom is -0.346 e. The Hall–Kier alpha value is -5.35. The van der Waals surface area contributed by atoms with Gasteiger partial charge in [-0.05, 0) is 62.4 Å². The number of fused-ring (bicyclic) bond motifs is 5. The van der Waals surface area contributed by atoms with Crippen LogP contribution in [0.2, 0.25) is 0 Å². The summed E-state index contributed by atoms with van der Waals surface area (Å²) in [5.74, 6) is -8.87. The summed E-state index contributed by atoms with van der Waals surface area (Å²) < 4.78 is 132. The van der Waals surface area contributed by atoms with Crippen LogP contribution in [-0.2, 0) is 46.9 Å². The molecule has 0 spiro atoms. The van der Waals surface area contributed by atoms with Crippen molar-refractivity contribution in [2.75, 3.05) is 42.1 Å². The second-order valence-electron chi connectivity index (χ2n) is 16.3. The van der Waals surface area contributed by atoms with E-state index in [1.54, 1.807) is 31.3 Å². The molecule has 3 atom stereocenters. The van der Waals surface area contributed by atoms with E-state index >= 15 is 8.78 Å². The third-order valence-corrected chi connectivity index (χ3v) is 13.3. The molecule has 0 bridgehead atoms. The number of sulfonamides is 1. The lowest BCUT2D eigenvalue weighted by Crippen LogP contribution is -2.48. The second kappa shape index (κ2) is 14.9. The highest BCUT2D eigenvalue weighted by Gasteiger charge is 2.68. The summed E-state index contributed by atoms with van der Waals surface area (Å²) in [4.78, 5) is 28.4. The molecule has 9 rings (SSSR count). The van der Waals surface area contributed by atoms with E-state index in [9.17, 15) is 35.2 Å². The molecule has 2 N–H and O–H groups in total. The van der Waals surface area contributed by atoms with Crippen LogP contribution in [0, 0.1) is 17.6 Å². The van der Waals surface area contributed by atoms with E-state index in [-0.39, 0.29) is 35.6 Å². The van der Waals surface area contributed by atoms with Crippen molar-refractivity contribution in [3.8, 4) is 11.1 Å². The van der Waals surface area contributed by atoms with Crippen molar-refractivity contribution in [3.63, 3.8) is 0 Å². The van der Waals surface area contributed by atoms with E-state index in [0.29, 0.717) is 61.7 Å². The quantitative estimate of drug-likeness (QED) is 0.132. The van der Waals surface area contributed by atoms with Crippen molar-refractivity contribution in [1.82, 2.24) is 39.7 Å². The topological polar surface area (TPSA) is 143 Å². The number of carbonyl (C=O) groups excluding carboxylic acids is 1. The molecule has 0 radical (unpaired) electrons. The number of para-hydroxylation sites is 1. The van der Waals surface area contributed by atoms with Crippen LogP contribution in [0.25, 0.3) is 32.4 Å². The molecule has 13 nitrogen and oxygen atoms in total. The molecule has 22 heteroatoms. The molecule has 0 unspecified atom stereocenters. The number of benzene rings is 2. The molecule has 4 aromatic heterocycles. The van der Waals surface area contributed by atoms with Gasteiger partial charge in [0.05, 0.1) is 28.2 Å². The van der Waals surface area contributed by atoms with Crippen LogP contribution in [0.4, 0.5) is 41.7 Å². The standard InChI is InChI=1S/C40H39F7N10O3S2/c1-19(2)55-8-10-56(11-9-55)38-50-37-29(61-38)17-25(23-6-5-7-24-33(23)54(3)52-36(24)53-62(4,59)60)32(49-37)28(14-20-12-21(41)15-22(42)13-20)48-30(58)18-57-35-31(34(51-57)40(45,46)47)26-16-27(26)39(35,43)44/h5-7,12-13,15,17,19,26-28H,8-11,14,16,18H2,1-4H3,(H,48,58)(H,52,53)/t26-,27+,28-/m0/s1. The summed E-state index contributed by atoms with van der Waals surface area (Å²) in [6, 6.07) is 8.61. The molecule has 1 saturated carbocycles. The van der Waals surface area contributed by atoms with Gasteiger partial charge in [-0.2, -0.15) is 37.1 Å². The monoisotopic (exact) mass is 904 g/mol. The molecule has 1 saturated heterocycles. The number of hydrogen-bond donors (Lipinski definition) is 2. The van der Waals surface area contributed by atoms with E-state index in [1.807, 2.05) is 0 Å².